The van der Waals surface area contributed by atoms with Crippen molar-refractivity contribution in [1.82, 2.24) is 9.78 Å². The fourth-order valence-electron chi connectivity index (χ4n) is 2.40. The summed E-state index contributed by atoms with van der Waals surface area (Å²) in [5.74, 6) is -0.547. The van der Waals surface area contributed by atoms with Crippen LogP contribution in [0.5, 0.6) is 0 Å². The van der Waals surface area contributed by atoms with Gasteiger partial charge in [0.05, 0.1) is 14.5 Å². The SMILES string of the molecule is CSC(SC)c1c(S(C)(=O)=O)ccc(C(=O)c2c[nH]n(C)c2=O)c1Cl. The van der Waals surface area contributed by atoms with Gasteiger partial charge in [-0.25, -0.2) is 8.42 Å². The average molecular weight is 421 g/mol. The molecular formula is C15H17ClN2O4S3. The lowest BCUT2D eigenvalue weighted by Crippen LogP contribution is -2.20. The third-order valence-corrected chi connectivity index (χ3v) is 7.67. The van der Waals surface area contributed by atoms with E-state index in [2.05, 4.69) is 5.10 Å². The molecule has 1 aromatic heterocycles. The molecule has 136 valence electrons. The number of H-pyrrole nitrogens is 1. The first-order chi connectivity index (χ1) is 11.6. The van der Waals surface area contributed by atoms with Crippen molar-refractivity contribution in [3.63, 3.8) is 0 Å². The molecule has 0 fully saturated rings. The van der Waals surface area contributed by atoms with Crippen LogP contribution < -0.4 is 5.56 Å². The van der Waals surface area contributed by atoms with Crippen LogP contribution in [0, 0.1) is 0 Å². The maximum atomic E-state index is 12.7. The molecule has 2 rings (SSSR count). The van der Waals surface area contributed by atoms with Crippen molar-refractivity contribution >= 4 is 50.7 Å². The van der Waals surface area contributed by atoms with Crippen molar-refractivity contribution in [3.05, 3.63) is 50.4 Å². The van der Waals surface area contributed by atoms with E-state index in [0.29, 0.717) is 5.56 Å². The molecule has 0 aliphatic rings. The Morgan fingerprint density at radius 3 is 2.28 bits per heavy atom. The molecule has 0 aliphatic carbocycles. The van der Waals surface area contributed by atoms with Crippen molar-refractivity contribution in [1.29, 1.82) is 0 Å². The fourth-order valence-corrected chi connectivity index (χ4v) is 5.76. The molecule has 0 saturated carbocycles. The minimum absolute atomic E-state index is 0.0488. The molecule has 0 radical (unpaired) electrons. The molecule has 2 aromatic rings. The van der Waals surface area contributed by atoms with Gasteiger partial charge in [-0.1, -0.05) is 11.6 Å². The summed E-state index contributed by atoms with van der Waals surface area (Å²) in [4.78, 5) is 24.8. The quantitative estimate of drug-likeness (QED) is 0.571. The van der Waals surface area contributed by atoms with E-state index in [1.54, 1.807) is 0 Å². The van der Waals surface area contributed by atoms with E-state index in [1.165, 1.54) is 53.6 Å². The molecule has 0 aliphatic heterocycles. The average Bonchev–Trinajstić information content (AvgIpc) is 2.87. The summed E-state index contributed by atoms with van der Waals surface area (Å²) in [7, 11) is -2.03. The summed E-state index contributed by atoms with van der Waals surface area (Å²) in [6.07, 6.45) is 6.08. The molecule has 0 unspecified atom stereocenters. The molecule has 0 atom stereocenters. The van der Waals surface area contributed by atoms with Crippen LogP contribution in [0.25, 0.3) is 0 Å². The predicted octanol–water partition coefficient (Wildman–Crippen LogP) is 2.73. The van der Waals surface area contributed by atoms with Crippen LogP contribution in [0.1, 0.15) is 26.1 Å². The fraction of sp³-hybridized carbons (Fsp3) is 0.333. The zero-order valence-electron chi connectivity index (χ0n) is 14.0. The zero-order chi connectivity index (χ0) is 18.9. The maximum absolute atomic E-state index is 12.7. The summed E-state index contributed by atoms with van der Waals surface area (Å²) >= 11 is 9.29. The molecule has 0 spiro atoms. The Kier molecular flexibility index (Phi) is 6.13. The monoisotopic (exact) mass is 420 g/mol. The zero-order valence-corrected chi connectivity index (χ0v) is 17.2. The highest BCUT2D eigenvalue weighted by molar-refractivity contribution is 8.15. The van der Waals surface area contributed by atoms with Gasteiger partial charge in [0.1, 0.15) is 5.56 Å². The van der Waals surface area contributed by atoms with Gasteiger partial charge < -0.3 is 5.10 Å². The van der Waals surface area contributed by atoms with Crippen molar-refractivity contribution < 1.29 is 13.2 Å². The predicted molar refractivity (Wildman–Crippen MR) is 104 cm³/mol. The topological polar surface area (TPSA) is 89.0 Å². The molecular weight excluding hydrogens is 404 g/mol. The van der Waals surface area contributed by atoms with Crippen LogP contribution in [0.2, 0.25) is 5.02 Å². The number of benzene rings is 1. The van der Waals surface area contributed by atoms with Gasteiger partial charge in [-0.05, 0) is 24.6 Å². The number of carbonyl (C=O) groups is 1. The van der Waals surface area contributed by atoms with Gasteiger partial charge in [-0.15, -0.1) is 23.5 Å². The van der Waals surface area contributed by atoms with Crippen molar-refractivity contribution in [2.75, 3.05) is 18.8 Å². The van der Waals surface area contributed by atoms with Gasteiger partial charge in [-0.3, -0.25) is 14.3 Å². The molecule has 1 heterocycles. The number of ketones is 1. The first-order valence-electron chi connectivity index (χ1n) is 7.00. The van der Waals surface area contributed by atoms with Gasteiger partial charge in [-0.2, -0.15) is 0 Å². The summed E-state index contributed by atoms with van der Waals surface area (Å²) in [6, 6.07) is 2.73. The summed E-state index contributed by atoms with van der Waals surface area (Å²) < 4.78 is 25.2. The summed E-state index contributed by atoms with van der Waals surface area (Å²) in [5.41, 5.74) is -0.0374. The molecule has 0 saturated heterocycles. The highest BCUT2D eigenvalue weighted by Crippen LogP contribution is 2.44. The Bertz CT molecular complexity index is 975. The number of nitrogens with one attached hydrogen (secondary N) is 1. The Morgan fingerprint density at radius 2 is 1.84 bits per heavy atom. The van der Waals surface area contributed by atoms with Gasteiger partial charge in [0.15, 0.2) is 9.84 Å². The standard InChI is InChI=1S/C15H17ClN2O4S3/c1-18-14(20)9(7-17-18)13(19)8-5-6-10(25(4,21)22)11(12(8)16)15(23-2)24-3/h5-7,15,17H,1-4H3. The number of aromatic amines is 1. The number of rotatable bonds is 6. The minimum Gasteiger partial charge on any atom is -0.302 e. The number of nitrogens with zero attached hydrogens (tertiary/aromatic N) is 1. The van der Waals surface area contributed by atoms with E-state index >= 15 is 0 Å². The normalized spacial score (nSPS) is 11.9. The second kappa shape index (κ2) is 7.61. The van der Waals surface area contributed by atoms with E-state index in [-0.39, 0.29) is 25.6 Å². The lowest BCUT2D eigenvalue weighted by molar-refractivity contribution is 0.103. The van der Waals surface area contributed by atoms with E-state index in [4.69, 9.17) is 11.6 Å². The van der Waals surface area contributed by atoms with Crippen molar-refractivity contribution in [3.8, 4) is 0 Å². The third kappa shape index (κ3) is 3.84. The number of aryl methyl sites for hydroxylation is 1. The molecule has 6 nitrogen and oxygen atoms in total. The third-order valence-electron chi connectivity index (χ3n) is 3.63. The van der Waals surface area contributed by atoms with E-state index < -0.39 is 21.2 Å². The molecule has 0 amide bonds. The number of halogens is 1. The Labute approximate surface area is 159 Å². The molecule has 25 heavy (non-hydrogen) atoms. The number of thioether (sulfide) groups is 2. The second-order valence-corrected chi connectivity index (χ2v) is 9.84. The lowest BCUT2D eigenvalue weighted by atomic mass is 10.0. The number of sulfone groups is 1. The number of aromatic nitrogens is 2. The molecule has 1 N–H and O–H groups in total. The Morgan fingerprint density at radius 1 is 1.24 bits per heavy atom. The smallest absolute Gasteiger partial charge is 0.277 e. The largest absolute Gasteiger partial charge is 0.302 e. The van der Waals surface area contributed by atoms with Gasteiger partial charge in [0.25, 0.3) is 5.56 Å². The van der Waals surface area contributed by atoms with Crippen LogP contribution in [0.4, 0.5) is 0 Å². The van der Waals surface area contributed by atoms with Crippen molar-refractivity contribution in [2.24, 2.45) is 7.05 Å². The van der Waals surface area contributed by atoms with E-state index in [0.717, 1.165) is 6.26 Å². The van der Waals surface area contributed by atoms with Crippen LogP contribution >= 0.6 is 35.1 Å². The van der Waals surface area contributed by atoms with Crippen LogP contribution in [-0.4, -0.2) is 42.7 Å². The van der Waals surface area contributed by atoms with Gasteiger partial charge in [0.2, 0.25) is 5.78 Å². The highest BCUT2D eigenvalue weighted by Gasteiger charge is 2.28. The number of hydrogen-bond donors (Lipinski definition) is 1. The maximum Gasteiger partial charge on any atom is 0.277 e. The number of hydrogen-bond acceptors (Lipinski definition) is 6. The lowest BCUT2D eigenvalue weighted by Gasteiger charge is -2.19. The van der Waals surface area contributed by atoms with E-state index in [9.17, 15) is 18.0 Å². The molecule has 1 aromatic carbocycles. The number of carbonyl (C=O) groups excluding carboxylic acids is 1. The van der Waals surface area contributed by atoms with Crippen molar-refractivity contribution in [2.45, 2.75) is 9.48 Å². The molecule has 10 heteroatoms. The molecule has 0 bridgehead atoms. The first kappa shape index (κ1) is 20.2. The van der Waals surface area contributed by atoms with Gasteiger partial charge in [0, 0.05) is 30.6 Å². The Hall–Kier alpha value is -1.16. The Balaban J connectivity index is 2.74. The summed E-state index contributed by atoms with van der Waals surface area (Å²) in [6.45, 7) is 0. The van der Waals surface area contributed by atoms with Crippen LogP contribution in [0.15, 0.2) is 28.0 Å². The second-order valence-electron chi connectivity index (χ2n) is 5.29. The minimum atomic E-state index is -3.53. The van der Waals surface area contributed by atoms with E-state index in [1.807, 2.05) is 12.5 Å². The first-order valence-corrected chi connectivity index (χ1v) is 11.8. The van der Waals surface area contributed by atoms with Crippen LogP contribution in [0.3, 0.4) is 0 Å². The highest BCUT2D eigenvalue weighted by atomic mass is 35.5. The summed E-state index contributed by atoms with van der Waals surface area (Å²) in [5, 5.41) is 2.70. The van der Waals surface area contributed by atoms with Crippen LogP contribution in [-0.2, 0) is 16.9 Å². The van der Waals surface area contributed by atoms with Gasteiger partial charge >= 0.3 is 0 Å².